The highest BCUT2D eigenvalue weighted by Gasteiger charge is 2.35. The number of alkyl halides is 1. The molecule has 1 fully saturated rings. The van der Waals surface area contributed by atoms with Gasteiger partial charge in [-0.1, -0.05) is 21.9 Å². The molecule has 4 nitrogen and oxygen atoms in total. The standard InChI is InChI=1S/C19H19BrN2O2/c20-15-6-9-19(10-7-15,24-18-3-1-16(21)2-4-18)8-5-14-11-17(23)13-22-12-14/h1-4,11-13,15,23H,6-7,9-10,21H2. The number of anilines is 1. The number of nitrogens with two attached hydrogens (primary N) is 1. The summed E-state index contributed by atoms with van der Waals surface area (Å²) in [6.45, 7) is 0. The van der Waals surface area contributed by atoms with Crippen molar-refractivity contribution in [2.75, 3.05) is 5.73 Å². The van der Waals surface area contributed by atoms with Gasteiger partial charge in [0.1, 0.15) is 11.5 Å². The Morgan fingerprint density at radius 2 is 1.92 bits per heavy atom. The van der Waals surface area contributed by atoms with E-state index < -0.39 is 5.60 Å². The quantitative estimate of drug-likeness (QED) is 0.466. The predicted molar refractivity (Wildman–Crippen MR) is 98.2 cm³/mol. The van der Waals surface area contributed by atoms with Crippen LogP contribution in [0.1, 0.15) is 31.2 Å². The van der Waals surface area contributed by atoms with E-state index in [9.17, 15) is 5.11 Å². The molecule has 0 spiro atoms. The zero-order valence-corrected chi connectivity index (χ0v) is 14.8. The highest BCUT2D eigenvalue weighted by atomic mass is 79.9. The van der Waals surface area contributed by atoms with Crippen molar-refractivity contribution < 1.29 is 9.84 Å². The van der Waals surface area contributed by atoms with Crippen LogP contribution in [0, 0.1) is 11.8 Å². The lowest BCUT2D eigenvalue weighted by molar-refractivity contribution is 0.0895. The molecule has 1 aromatic heterocycles. The van der Waals surface area contributed by atoms with Crippen molar-refractivity contribution in [3.05, 3.63) is 48.3 Å². The monoisotopic (exact) mass is 386 g/mol. The van der Waals surface area contributed by atoms with Gasteiger partial charge in [-0.3, -0.25) is 4.98 Å². The maximum Gasteiger partial charge on any atom is 0.169 e. The predicted octanol–water partition coefficient (Wildman–Crippen LogP) is 3.88. The minimum absolute atomic E-state index is 0.111. The van der Waals surface area contributed by atoms with Gasteiger partial charge in [-0.15, -0.1) is 0 Å². The van der Waals surface area contributed by atoms with E-state index in [2.05, 4.69) is 32.8 Å². The number of halogens is 1. The van der Waals surface area contributed by atoms with E-state index in [0.717, 1.165) is 31.4 Å². The van der Waals surface area contributed by atoms with Gasteiger partial charge >= 0.3 is 0 Å². The normalized spacial score (nSPS) is 23.1. The molecule has 5 heteroatoms. The number of hydrogen-bond donors (Lipinski definition) is 2. The SMILES string of the molecule is Nc1ccc(OC2(C#Cc3cncc(O)c3)CCC(Br)CC2)cc1. The third-order valence-electron chi connectivity index (χ3n) is 4.07. The summed E-state index contributed by atoms with van der Waals surface area (Å²) in [6, 6.07) is 8.99. The zero-order valence-electron chi connectivity index (χ0n) is 13.2. The van der Waals surface area contributed by atoms with Gasteiger partial charge in [0.2, 0.25) is 0 Å². The number of nitrogens with zero attached hydrogens (tertiary/aromatic N) is 1. The van der Waals surface area contributed by atoms with E-state index >= 15 is 0 Å². The first kappa shape index (κ1) is 16.7. The molecule has 1 heterocycles. The number of hydrogen-bond acceptors (Lipinski definition) is 4. The van der Waals surface area contributed by atoms with Crippen molar-refractivity contribution in [2.24, 2.45) is 0 Å². The molecule has 3 rings (SSSR count). The summed E-state index contributed by atoms with van der Waals surface area (Å²) < 4.78 is 6.27. The van der Waals surface area contributed by atoms with E-state index in [1.807, 2.05) is 24.3 Å². The Labute approximate surface area is 150 Å². The number of aromatic hydroxyl groups is 1. The fourth-order valence-corrected chi connectivity index (χ4v) is 3.20. The summed E-state index contributed by atoms with van der Waals surface area (Å²) >= 11 is 3.68. The maximum absolute atomic E-state index is 9.53. The second-order valence-corrected chi connectivity index (χ2v) is 7.32. The highest BCUT2D eigenvalue weighted by Crippen LogP contribution is 2.35. The molecule has 0 amide bonds. The summed E-state index contributed by atoms with van der Waals surface area (Å²) in [5.74, 6) is 7.27. The Kier molecular flexibility index (Phi) is 4.96. The lowest BCUT2D eigenvalue weighted by Crippen LogP contribution is -2.39. The fourth-order valence-electron chi connectivity index (χ4n) is 2.75. The summed E-state index contributed by atoms with van der Waals surface area (Å²) in [4.78, 5) is 4.47. The van der Waals surface area contributed by atoms with Crippen LogP contribution in [0.4, 0.5) is 5.69 Å². The number of rotatable bonds is 2. The van der Waals surface area contributed by atoms with Crippen LogP contribution in [-0.2, 0) is 0 Å². The number of ether oxygens (including phenoxy) is 1. The van der Waals surface area contributed by atoms with Crippen molar-refractivity contribution in [3.63, 3.8) is 0 Å². The second kappa shape index (κ2) is 7.14. The molecule has 124 valence electrons. The van der Waals surface area contributed by atoms with Crippen molar-refractivity contribution in [2.45, 2.75) is 36.1 Å². The molecular weight excluding hydrogens is 368 g/mol. The minimum atomic E-state index is -0.536. The number of pyridine rings is 1. The van der Waals surface area contributed by atoms with Crippen LogP contribution in [0.2, 0.25) is 0 Å². The third-order valence-corrected chi connectivity index (χ3v) is 4.99. The van der Waals surface area contributed by atoms with Gasteiger partial charge in [-0.25, -0.2) is 0 Å². The molecule has 2 aromatic rings. The third kappa shape index (κ3) is 4.21. The molecule has 0 bridgehead atoms. The van der Waals surface area contributed by atoms with Crippen molar-refractivity contribution in [1.29, 1.82) is 0 Å². The summed E-state index contributed by atoms with van der Waals surface area (Å²) in [5, 5.41) is 9.53. The molecule has 1 aliphatic rings. The summed E-state index contributed by atoms with van der Waals surface area (Å²) in [6.07, 6.45) is 6.71. The van der Waals surface area contributed by atoms with E-state index in [4.69, 9.17) is 10.5 Å². The largest absolute Gasteiger partial charge is 0.506 e. The molecule has 1 aliphatic carbocycles. The Morgan fingerprint density at radius 1 is 1.21 bits per heavy atom. The van der Waals surface area contributed by atoms with Gasteiger partial charge in [0.15, 0.2) is 5.60 Å². The number of aromatic nitrogens is 1. The van der Waals surface area contributed by atoms with Gasteiger partial charge in [-0.2, -0.15) is 0 Å². The van der Waals surface area contributed by atoms with Crippen LogP contribution < -0.4 is 10.5 Å². The average Bonchev–Trinajstić information content (AvgIpc) is 2.58. The topological polar surface area (TPSA) is 68.4 Å². The van der Waals surface area contributed by atoms with E-state index in [1.54, 1.807) is 12.3 Å². The molecule has 3 N–H and O–H groups in total. The van der Waals surface area contributed by atoms with Crippen molar-refractivity contribution >= 4 is 21.6 Å². The Hall–Kier alpha value is -2.19. The van der Waals surface area contributed by atoms with Gasteiger partial charge < -0.3 is 15.6 Å². The molecule has 24 heavy (non-hydrogen) atoms. The molecule has 0 aliphatic heterocycles. The van der Waals surface area contributed by atoms with Crippen LogP contribution in [0.5, 0.6) is 11.5 Å². The fraction of sp³-hybridized carbons (Fsp3) is 0.316. The highest BCUT2D eigenvalue weighted by molar-refractivity contribution is 9.09. The molecule has 1 saturated carbocycles. The van der Waals surface area contributed by atoms with E-state index in [1.165, 1.54) is 6.20 Å². The Bertz CT molecular complexity index is 757. The first-order valence-electron chi connectivity index (χ1n) is 7.90. The van der Waals surface area contributed by atoms with Crippen LogP contribution in [0.3, 0.4) is 0 Å². The lowest BCUT2D eigenvalue weighted by Gasteiger charge is -2.35. The number of nitrogen functional groups attached to an aromatic ring is 1. The number of benzene rings is 1. The lowest BCUT2D eigenvalue weighted by atomic mass is 9.84. The van der Waals surface area contributed by atoms with Crippen LogP contribution in [0.25, 0.3) is 0 Å². The Balaban J connectivity index is 1.87. The molecule has 0 unspecified atom stereocenters. The molecular formula is C19H19BrN2O2. The first-order chi connectivity index (χ1) is 11.5. The van der Waals surface area contributed by atoms with Crippen molar-refractivity contribution in [1.82, 2.24) is 4.98 Å². The van der Waals surface area contributed by atoms with Crippen LogP contribution >= 0.6 is 15.9 Å². The molecule has 0 radical (unpaired) electrons. The average molecular weight is 387 g/mol. The molecule has 0 atom stereocenters. The van der Waals surface area contributed by atoms with Crippen LogP contribution in [-0.4, -0.2) is 20.5 Å². The molecule has 0 saturated heterocycles. The smallest absolute Gasteiger partial charge is 0.169 e. The second-order valence-electron chi connectivity index (χ2n) is 6.02. The van der Waals surface area contributed by atoms with E-state index in [-0.39, 0.29) is 5.75 Å². The van der Waals surface area contributed by atoms with Crippen LogP contribution in [0.15, 0.2) is 42.7 Å². The van der Waals surface area contributed by atoms with Gasteiger partial charge in [0.05, 0.1) is 6.20 Å². The molecule has 1 aromatic carbocycles. The Morgan fingerprint density at radius 3 is 2.58 bits per heavy atom. The van der Waals surface area contributed by atoms with E-state index in [0.29, 0.717) is 16.1 Å². The van der Waals surface area contributed by atoms with Gasteiger partial charge in [-0.05, 0) is 61.9 Å². The summed E-state index contributed by atoms with van der Waals surface area (Å²) in [5.41, 5.74) is 6.59. The summed E-state index contributed by atoms with van der Waals surface area (Å²) in [7, 11) is 0. The minimum Gasteiger partial charge on any atom is -0.506 e. The van der Waals surface area contributed by atoms with Crippen molar-refractivity contribution in [3.8, 4) is 23.3 Å². The first-order valence-corrected chi connectivity index (χ1v) is 8.82. The van der Waals surface area contributed by atoms with Gasteiger partial charge in [0, 0.05) is 22.3 Å². The van der Waals surface area contributed by atoms with Gasteiger partial charge in [0.25, 0.3) is 0 Å². The zero-order chi connectivity index (χ0) is 17.0. The maximum atomic E-state index is 9.53.